The van der Waals surface area contributed by atoms with Crippen molar-refractivity contribution in [2.24, 2.45) is 0 Å². The molecule has 0 aliphatic heterocycles. The van der Waals surface area contributed by atoms with E-state index in [-0.39, 0.29) is 11.0 Å². The number of carbonyl (C=O) groups is 1. The van der Waals surface area contributed by atoms with Gasteiger partial charge in [-0.15, -0.1) is 0 Å². The summed E-state index contributed by atoms with van der Waals surface area (Å²) < 4.78 is 13.6. The highest BCUT2D eigenvalue weighted by atomic mass is 19.1. The number of nitrogens with one attached hydrogen (secondary N) is 1. The third-order valence-corrected chi connectivity index (χ3v) is 2.56. The summed E-state index contributed by atoms with van der Waals surface area (Å²) in [4.78, 5) is 11.9. The van der Waals surface area contributed by atoms with E-state index in [1.165, 1.54) is 6.07 Å². The molecule has 0 saturated heterocycles. The minimum absolute atomic E-state index is 0.0552. The lowest BCUT2D eigenvalue weighted by atomic mass is 9.79. The van der Waals surface area contributed by atoms with E-state index in [1.54, 1.807) is 30.3 Å². The van der Waals surface area contributed by atoms with Crippen molar-refractivity contribution < 1.29 is 19.2 Å². The average molecular weight is 259 g/mol. The second-order valence-corrected chi connectivity index (χ2v) is 3.93. The van der Waals surface area contributed by atoms with Gasteiger partial charge in [-0.1, -0.05) is 24.3 Å². The van der Waals surface area contributed by atoms with Crippen LogP contribution in [0.2, 0.25) is 0 Å². The molecular formula is C13H11BFNO3. The van der Waals surface area contributed by atoms with Crippen molar-refractivity contribution in [3.8, 4) is 0 Å². The molecule has 2 aromatic rings. The highest BCUT2D eigenvalue weighted by Gasteiger charge is 2.17. The fraction of sp³-hybridized carbons (Fsp3) is 0. The number of halogens is 1. The predicted octanol–water partition coefficient (Wildman–Crippen LogP) is 0.758. The molecule has 0 heterocycles. The van der Waals surface area contributed by atoms with Crippen LogP contribution in [0.15, 0.2) is 48.5 Å². The molecular weight excluding hydrogens is 248 g/mol. The zero-order valence-corrected chi connectivity index (χ0v) is 9.88. The molecule has 0 atom stereocenters. The van der Waals surface area contributed by atoms with Crippen molar-refractivity contribution in [2.45, 2.75) is 0 Å². The summed E-state index contributed by atoms with van der Waals surface area (Å²) in [7, 11) is -1.75. The van der Waals surface area contributed by atoms with Gasteiger partial charge in [0, 0.05) is 5.69 Å². The van der Waals surface area contributed by atoms with Crippen molar-refractivity contribution in [1.82, 2.24) is 0 Å². The zero-order chi connectivity index (χ0) is 13.8. The lowest BCUT2D eigenvalue weighted by Gasteiger charge is -2.07. The molecule has 0 aromatic heterocycles. The number of para-hydroxylation sites is 1. The van der Waals surface area contributed by atoms with E-state index in [0.29, 0.717) is 5.69 Å². The Bertz CT molecular complexity index is 590. The van der Waals surface area contributed by atoms with E-state index < -0.39 is 18.8 Å². The van der Waals surface area contributed by atoms with Gasteiger partial charge in [-0.3, -0.25) is 4.79 Å². The van der Waals surface area contributed by atoms with Crippen molar-refractivity contribution in [3.63, 3.8) is 0 Å². The van der Waals surface area contributed by atoms with Gasteiger partial charge in [0.15, 0.2) is 0 Å². The van der Waals surface area contributed by atoms with Crippen LogP contribution in [0.4, 0.5) is 10.1 Å². The van der Waals surface area contributed by atoms with Crippen LogP contribution in [0.1, 0.15) is 10.4 Å². The second kappa shape index (κ2) is 5.64. The van der Waals surface area contributed by atoms with Crippen molar-refractivity contribution in [3.05, 3.63) is 59.9 Å². The summed E-state index contributed by atoms with van der Waals surface area (Å²) in [5.41, 5.74) is 0.343. The Labute approximate surface area is 109 Å². The number of hydrogen-bond donors (Lipinski definition) is 3. The molecule has 0 aliphatic carbocycles. The fourth-order valence-corrected chi connectivity index (χ4v) is 1.60. The zero-order valence-electron chi connectivity index (χ0n) is 9.88. The van der Waals surface area contributed by atoms with Gasteiger partial charge < -0.3 is 15.4 Å². The Morgan fingerprint density at radius 1 is 1.11 bits per heavy atom. The minimum atomic E-state index is -1.75. The molecule has 0 unspecified atom stereocenters. The van der Waals surface area contributed by atoms with Crippen LogP contribution in [-0.4, -0.2) is 23.1 Å². The van der Waals surface area contributed by atoms with Crippen LogP contribution in [0.25, 0.3) is 0 Å². The topological polar surface area (TPSA) is 69.6 Å². The lowest BCUT2D eigenvalue weighted by molar-refractivity contribution is 0.102. The van der Waals surface area contributed by atoms with Gasteiger partial charge in [0.2, 0.25) is 0 Å². The van der Waals surface area contributed by atoms with E-state index in [0.717, 1.165) is 12.1 Å². The SMILES string of the molecule is O=C(Nc1ccccc1)c1cc(B(O)O)ccc1F. The maximum absolute atomic E-state index is 13.6. The van der Waals surface area contributed by atoms with Crippen LogP contribution >= 0.6 is 0 Å². The first kappa shape index (κ1) is 13.3. The highest BCUT2D eigenvalue weighted by molar-refractivity contribution is 6.58. The molecule has 0 radical (unpaired) electrons. The maximum atomic E-state index is 13.6. The predicted molar refractivity (Wildman–Crippen MR) is 70.6 cm³/mol. The van der Waals surface area contributed by atoms with E-state index in [1.807, 2.05) is 0 Å². The highest BCUT2D eigenvalue weighted by Crippen LogP contribution is 2.10. The Morgan fingerprint density at radius 2 is 1.79 bits per heavy atom. The van der Waals surface area contributed by atoms with Crippen LogP contribution in [0, 0.1) is 5.82 Å². The average Bonchev–Trinajstić information content (AvgIpc) is 2.40. The molecule has 2 aromatic carbocycles. The van der Waals surface area contributed by atoms with E-state index in [2.05, 4.69) is 5.32 Å². The Morgan fingerprint density at radius 3 is 2.42 bits per heavy atom. The molecule has 19 heavy (non-hydrogen) atoms. The van der Waals surface area contributed by atoms with Gasteiger partial charge >= 0.3 is 7.12 Å². The lowest BCUT2D eigenvalue weighted by Crippen LogP contribution is -2.31. The number of amides is 1. The van der Waals surface area contributed by atoms with E-state index >= 15 is 0 Å². The van der Waals surface area contributed by atoms with Gasteiger partial charge in [-0.05, 0) is 29.7 Å². The Balaban J connectivity index is 2.26. The third-order valence-electron chi connectivity index (χ3n) is 2.56. The smallest absolute Gasteiger partial charge is 0.423 e. The summed E-state index contributed by atoms with van der Waals surface area (Å²) in [5.74, 6) is -1.37. The first-order valence-electron chi connectivity index (χ1n) is 5.60. The van der Waals surface area contributed by atoms with Crippen LogP contribution < -0.4 is 10.8 Å². The van der Waals surface area contributed by atoms with Gasteiger partial charge in [0.25, 0.3) is 5.91 Å². The molecule has 0 bridgehead atoms. The standard InChI is InChI=1S/C13H11BFNO3/c15-12-7-6-9(14(18)19)8-11(12)13(17)16-10-4-2-1-3-5-10/h1-8,18-19H,(H,16,17). The number of carbonyl (C=O) groups excluding carboxylic acids is 1. The first-order valence-corrected chi connectivity index (χ1v) is 5.60. The number of benzene rings is 2. The summed E-state index contributed by atoms with van der Waals surface area (Å²) in [6.07, 6.45) is 0. The minimum Gasteiger partial charge on any atom is -0.423 e. The normalized spacial score (nSPS) is 10.1. The van der Waals surface area contributed by atoms with Crippen LogP contribution in [-0.2, 0) is 0 Å². The summed E-state index contributed by atoms with van der Waals surface area (Å²) in [6, 6.07) is 11.9. The summed E-state index contributed by atoms with van der Waals surface area (Å²) in [5, 5.41) is 20.5. The first-order chi connectivity index (χ1) is 9.08. The quantitative estimate of drug-likeness (QED) is 0.712. The number of rotatable bonds is 3. The molecule has 2 rings (SSSR count). The molecule has 3 N–H and O–H groups in total. The Hall–Kier alpha value is -2.18. The molecule has 6 heteroatoms. The molecule has 1 amide bonds. The maximum Gasteiger partial charge on any atom is 0.488 e. The van der Waals surface area contributed by atoms with Crippen molar-refractivity contribution in [2.75, 3.05) is 5.32 Å². The van der Waals surface area contributed by atoms with Gasteiger partial charge in [-0.2, -0.15) is 0 Å². The molecule has 0 spiro atoms. The Kier molecular flexibility index (Phi) is 3.94. The monoisotopic (exact) mass is 259 g/mol. The van der Waals surface area contributed by atoms with E-state index in [4.69, 9.17) is 10.0 Å². The number of anilines is 1. The number of hydrogen-bond acceptors (Lipinski definition) is 3. The molecule has 96 valence electrons. The van der Waals surface area contributed by atoms with Crippen LogP contribution in [0.5, 0.6) is 0 Å². The van der Waals surface area contributed by atoms with Gasteiger partial charge in [0.1, 0.15) is 5.82 Å². The van der Waals surface area contributed by atoms with Crippen molar-refractivity contribution in [1.29, 1.82) is 0 Å². The van der Waals surface area contributed by atoms with Gasteiger partial charge in [-0.25, -0.2) is 4.39 Å². The molecule has 0 aliphatic rings. The molecule has 0 fully saturated rings. The largest absolute Gasteiger partial charge is 0.488 e. The second-order valence-electron chi connectivity index (χ2n) is 3.93. The molecule has 0 saturated carbocycles. The van der Waals surface area contributed by atoms with Gasteiger partial charge in [0.05, 0.1) is 5.56 Å². The fourth-order valence-electron chi connectivity index (χ4n) is 1.60. The van der Waals surface area contributed by atoms with Crippen LogP contribution in [0.3, 0.4) is 0 Å². The third kappa shape index (κ3) is 3.18. The van der Waals surface area contributed by atoms with Crippen molar-refractivity contribution >= 4 is 24.2 Å². The van der Waals surface area contributed by atoms with E-state index in [9.17, 15) is 9.18 Å². The molecule has 4 nitrogen and oxygen atoms in total. The summed E-state index contributed by atoms with van der Waals surface area (Å²) >= 11 is 0. The summed E-state index contributed by atoms with van der Waals surface area (Å²) in [6.45, 7) is 0.